The number of halogens is 3. The zero-order valence-electron chi connectivity index (χ0n) is 8.95. The lowest BCUT2D eigenvalue weighted by atomic mass is 10.2. The van der Waals surface area contributed by atoms with Crippen molar-refractivity contribution >= 4 is 5.69 Å². The summed E-state index contributed by atoms with van der Waals surface area (Å²) >= 11 is 0. The van der Waals surface area contributed by atoms with E-state index in [1.807, 2.05) is 0 Å². The molecule has 0 aliphatic rings. The molecule has 0 atom stereocenters. The summed E-state index contributed by atoms with van der Waals surface area (Å²) in [5, 5.41) is 0. The number of nitrogens with zero attached hydrogens (tertiary/aromatic N) is 1. The molecule has 0 saturated heterocycles. The van der Waals surface area contributed by atoms with Crippen LogP contribution in [0.15, 0.2) is 35.1 Å². The lowest BCUT2D eigenvalue weighted by molar-refractivity contribution is -0.141. The largest absolute Gasteiger partial charge is 0.433 e. The van der Waals surface area contributed by atoms with Crippen molar-refractivity contribution in [2.24, 2.45) is 0 Å². The Bertz CT molecular complexity index is 634. The second-order valence-corrected chi connectivity index (χ2v) is 3.60. The smallest absolute Gasteiger partial charge is 0.399 e. The number of rotatable bonds is 1. The third-order valence-corrected chi connectivity index (χ3v) is 2.19. The first-order valence-electron chi connectivity index (χ1n) is 4.91. The molecular weight excluding hydrogens is 247 g/mol. The highest BCUT2D eigenvalue weighted by molar-refractivity contribution is 5.60. The first-order chi connectivity index (χ1) is 8.36. The van der Waals surface area contributed by atoms with E-state index >= 15 is 0 Å². The summed E-state index contributed by atoms with van der Waals surface area (Å²) in [7, 11) is 0. The van der Waals surface area contributed by atoms with Gasteiger partial charge < -0.3 is 10.7 Å². The lowest BCUT2D eigenvalue weighted by Gasteiger charge is -2.07. The molecule has 0 bridgehead atoms. The standard InChI is InChI=1S/C11H8F3N3O/c12-11(13,14)8-5-9(18)17-10(16-8)6-2-1-3-7(15)4-6/h1-5H,15H2,(H,16,17,18). The first kappa shape index (κ1) is 12.2. The van der Waals surface area contributed by atoms with E-state index in [2.05, 4.69) is 9.97 Å². The Labute approximate surface area is 99.3 Å². The van der Waals surface area contributed by atoms with Gasteiger partial charge in [-0.25, -0.2) is 4.98 Å². The lowest BCUT2D eigenvalue weighted by Crippen LogP contribution is -2.16. The fourth-order valence-corrected chi connectivity index (χ4v) is 1.43. The van der Waals surface area contributed by atoms with E-state index in [0.29, 0.717) is 17.3 Å². The van der Waals surface area contributed by atoms with Crippen LogP contribution in [0.3, 0.4) is 0 Å². The molecule has 0 spiro atoms. The summed E-state index contributed by atoms with van der Waals surface area (Å²) in [5.74, 6) is -0.165. The number of alkyl halides is 3. The zero-order chi connectivity index (χ0) is 13.3. The Morgan fingerprint density at radius 3 is 2.56 bits per heavy atom. The molecule has 0 radical (unpaired) electrons. The Kier molecular flexibility index (Phi) is 2.82. The number of nitrogen functional groups attached to an aromatic ring is 1. The average Bonchev–Trinajstić information content (AvgIpc) is 2.27. The molecule has 0 aliphatic heterocycles. The minimum atomic E-state index is -4.66. The van der Waals surface area contributed by atoms with Crippen molar-refractivity contribution in [3.8, 4) is 11.4 Å². The molecule has 94 valence electrons. The molecular formula is C11H8F3N3O. The second kappa shape index (κ2) is 4.17. The highest BCUT2D eigenvalue weighted by atomic mass is 19.4. The van der Waals surface area contributed by atoms with Crippen molar-refractivity contribution in [3.63, 3.8) is 0 Å². The summed E-state index contributed by atoms with van der Waals surface area (Å²) in [6.07, 6.45) is -4.66. The van der Waals surface area contributed by atoms with Crippen LogP contribution in [0, 0.1) is 0 Å². The van der Waals surface area contributed by atoms with E-state index in [1.54, 1.807) is 12.1 Å². The molecule has 3 N–H and O–H groups in total. The number of hydrogen-bond donors (Lipinski definition) is 2. The van der Waals surface area contributed by atoms with Gasteiger partial charge in [-0.05, 0) is 12.1 Å². The summed E-state index contributed by atoms with van der Waals surface area (Å²) in [6, 6.07) is 6.49. The van der Waals surface area contributed by atoms with Gasteiger partial charge in [0.2, 0.25) is 0 Å². The van der Waals surface area contributed by atoms with Crippen molar-refractivity contribution in [2.75, 3.05) is 5.73 Å². The molecule has 7 heteroatoms. The van der Waals surface area contributed by atoms with Gasteiger partial charge in [0.05, 0.1) is 0 Å². The van der Waals surface area contributed by atoms with Crippen LogP contribution in [0.25, 0.3) is 11.4 Å². The third-order valence-electron chi connectivity index (χ3n) is 2.19. The second-order valence-electron chi connectivity index (χ2n) is 3.60. The molecule has 2 rings (SSSR count). The summed E-state index contributed by atoms with van der Waals surface area (Å²) in [5.41, 5.74) is 4.10. The van der Waals surface area contributed by atoms with Crippen LogP contribution in [0.4, 0.5) is 18.9 Å². The molecule has 0 aliphatic carbocycles. The number of benzene rings is 1. The van der Waals surface area contributed by atoms with Gasteiger partial charge in [-0.3, -0.25) is 4.79 Å². The van der Waals surface area contributed by atoms with E-state index in [4.69, 9.17) is 5.73 Å². The monoisotopic (exact) mass is 255 g/mol. The van der Waals surface area contributed by atoms with E-state index in [0.717, 1.165) is 0 Å². The van der Waals surface area contributed by atoms with Gasteiger partial charge >= 0.3 is 6.18 Å². The topological polar surface area (TPSA) is 71.8 Å². The van der Waals surface area contributed by atoms with Crippen molar-refractivity contribution in [3.05, 3.63) is 46.4 Å². The fraction of sp³-hybridized carbons (Fsp3) is 0.0909. The van der Waals surface area contributed by atoms with Crippen molar-refractivity contribution < 1.29 is 13.2 Å². The summed E-state index contributed by atoms with van der Waals surface area (Å²) in [6.45, 7) is 0. The SMILES string of the molecule is Nc1cccc(-c2nc(C(F)(F)F)cc(=O)[nH]2)c1. The Balaban J connectivity index is 2.59. The molecule has 0 unspecified atom stereocenters. The van der Waals surface area contributed by atoms with Crippen molar-refractivity contribution in [2.45, 2.75) is 6.18 Å². The van der Waals surface area contributed by atoms with Crippen LogP contribution >= 0.6 is 0 Å². The number of anilines is 1. The number of aromatic nitrogens is 2. The van der Waals surface area contributed by atoms with Crippen LogP contribution in [-0.4, -0.2) is 9.97 Å². The molecule has 18 heavy (non-hydrogen) atoms. The highest BCUT2D eigenvalue weighted by Gasteiger charge is 2.33. The highest BCUT2D eigenvalue weighted by Crippen LogP contribution is 2.27. The number of hydrogen-bond acceptors (Lipinski definition) is 3. The predicted molar refractivity (Wildman–Crippen MR) is 59.7 cm³/mol. The van der Waals surface area contributed by atoms with Crippen LogP contribution in [-0.2, 0) is 6.18 Å². The first-order valence-corrected chi connectivity index (χ1v) is 4.91. The Hall–Kier alpha value is -2.31. The van der Waals surface area contributed by atoms with Crippen LogP contribution in [0.2, 0.25) is 0 Å². The maximum atomic E-state index is 12.5. The minimum Gasteiger partial charge on any atom is -0.399 e. The summed E-state index contributed by atoms with van der Waals surface area (Å²) < 4.78 is 37.5. The minimum absolute atomic E-state index is 0.165. The molecule has 1 heterocycles. The molecule has 1 aromatic heterocycles. The number of nitrogens with two attached hydrogens (primary N) is 1. The van der Waals surface area contributed by atoms with E-state index < -0.39 is 17.4 Å². The Morgan fingerprint density at radius 2 is 1.94 bits per heavy atom. The van der Waals surface area contributed by atoms with Crippen molar-refractivity contribution in [1.82, 2.24) is 9.97 Å². The molecule has 0 fully saturated rings. The van der Waals surface area contributed by atoms with Gasteiger partial charge in [0, 0.05) is 17.3 Å². The maximum Gasteiger partial charge on any atom is 0.433 e. The summed E-state index contributed by atoms with van der Waals surface area (Å²) in [4.78, 5) is 16.8. The molecule has 0 saturated carbocycles. The zero-order valence-corrected chi connectivity index (χ0v) is 8.95. The number of aromatic amines is 1. The maximum absolute atomic E-state index is 12.5. The third kappa shape index (κ3) is 2.50. The van der Waals surface area contributed by atoms with Crippen molar-refractivity contribution in [1.29, 1.82) is 0 Å². The quantitative estimate of drug-likeness (QED) is 0.766. The normalized spacial score (nSPS) is 11.5. The van der Waals surface area contributed by atoms with E-state index in [1.165, 1.54) is 12.1 Å². The molecule has 0 amide bonds. The average molecular weight is 255 g/mol. The molecule has 1 aromatic carbocycles. The molecule has 4 nitrogen and oxygen atoms in total. The number of nitrogens with one attached hydrogen (secondary N) is 1. The van der Waals surface area contributed by atoms with Crippen LogP contribution < -0.4 is 11.3 Å². The van der Waals surface area contributed by atoms with Gasteiger partial charge in [0.1, 0.15) is 5.82 Å². The van der Waals surface area contributed by atoms with E-state index in [9.17, 15) is 18.0 Å². The van der Waals surface area contributed by atoms with Crippen LogP contribution in [0.1, 0.15) is 5.69 Å². The van der Waals surface area contributed by atoms with Gasteiger partial charge in [-0.1, -0.05) is 12.1 Å². The van der Waals surface area contributed by atoms with Gasteiger partial charge in [0.25, 0.3) is 5.56 Å². The van der Waals surface area contributed by atoms with Gasteiger partial charge in [0.15, 0.2) is 5.69 Å². The molecule has 2 aromatic rings. The fourth-order valence-electron chi connectivity index (χ4n) is 1.43. The van der Waals surface area contributed by atoms with Gasteiger partial charge in [-0.2, -0.15) is 13.2 Å². The van der Waals surface area contributed by atoms with Gasteiger partial charge in [-0.15, -0.1) is 0 Å². The Morgan fingerprint density at radius 1 is 1.22 bits per heavy atom. The predicted octanol–water partition coefficient (Wildman–Crippen LogP) is 2.04. The number of H-pyrrole nitrogens is 1. The van der Waals surface area contributed by atoms with Crippen LogP contribution in [0.5, 0.6) is 0 Å². The van der Waals surface area contributed by atoms with E-state index in [-0.39, 0.29) is 5.82 Å².